The van der Waals surface area contributed by atoms with Crippen LogP contribution in [-0.4, -0.2) is 68.0 Å². The Morgan fingerprint density at radius 1 is 1.09 bits per heavy atom. The highest BCUT2D eigenvalue weighted by atomic mass is 16.2. The molecule has 1 saturated heterocycles. The number of imide groups is 1. The van der Waals surface area contributed by atoms with Crippen molar-refractivity contribution < 1.29 is 24.0 Å². The van der Waals surface area contributed by atoms with Gasteiger partial charge in [0, 0.05) is 42.7 Å². The van der Waals surface area contributed by atoms with Crippen LogP contribution in [0.1, 0.15) is 67.3 Å². The molecule has 4 N–H and O–H groups in total. The molecule has 35 heavy (non-hydrogen) atoms. The summed E-state index contributed by atoms with van der Waals surface area (Å²) in [5.74, 6) is -0.734. The lowest BCUT2D eigenvalue weighted by atomic mass is 10.0. The van der Waals surface area contributed by atoms with Crippen molar-refractivity contribution in [2.75, 3.05) is 32.0 Å². The molecule has 2 rings (SSSR count). The summed E-state index contributed by atoms with van der Waals surface area (Å²) in [7, 11) is 1.77. The summed E-state index contributed by atoms with van der Waals surface area (Å²) in [6.45, 7) is 2.74. The van der Waals surface area contributed by atoms with Crippen LogP contribution in [-0.2, 0) is 25.7 Å². The van der Waals surface area contributed by atoms with Crippen molar-refractivity contribution in [1.82, 2.24) is 20.9 Å². The fourth-order valence-corrected chi connectivity index (χ4v) is 4.07. The van der Waals surface area contributed by atoms with Gasteiger partial charge in [0.05, 0.1) is 6.04 Å². The Labute approximate surface area is 206 Å². The molecular weight excluding hydrogens is 450 g/mol. The van der Waals surface area contributed by atoms with Crippen LogP contribution in [0.15, 0.2) is 18.2 Å². The van der Waals surface area contributed by atoms with E-state index in [4.69, 9.17) is 0 Å². The molecule has 4 amide bonds. The molecule has 0 bridgehead atoms. The topological polar surface area (TPSA) is 137 Å². The maximum Gasteiger partial charge on any atom is 0.243 e. The Hall–Kier alpha value is -3.11. The van der Waals surface area contributed by atoms with Crippen LogP contribution >= 0.6 is 0 Å². The van der Waals surface area contributed by atoms with Crippen molar-refractivity contribution in [1.29, 1.82) is 0 Å². The normalized spacial score (nSPS) is 15.5. The predicted molar refractivity (Wildman–Crippen MR) is 133 cm³/mol. The third-order valence-electron chi connectivity index (χ3n) is 6.03. The van der Waals surface area contributed by atoms with Crippen molar-refractivity contribution in [3.05, 3.63) is 29.3 Å². The van der Waals surface area contributed by atoms with Crippen LogP contribution in [0.4, 0.5) is 5.69 Å². The Balaban J connectivity index is 1.78. The fraction of sp³-hybridized carbons (Fsp3) is 0.560. The lowest BCUT2D eigenvalue weighted by Gasteiger charge is -2.30. The number of piperidine rings is 1. The third kappa shape index (κ3) is 9.96. The van der Waals surface area contributed by atoms with Gasteiger partial charge in [-0.05, 0) is 51.9 Å². The standard InChI is InChI=1S/C25H37N5O5/c1-30(22-11-12-24(34)29-25(22)35)16-20-19(17-31)8-6-9-21(20)28-23(33)10-4-2-3-5-13-26-14-7-15-27-18-32/h6,8-9,17-18,22,26H,2-5,7,10-16H2,1H3,(H,27,32)(H,28,33)(H,29,34,35). The Morgan fingerprint density at radius 2 is 1.86 bits per heavy atom. The van der Waals surface area contributed by atoms with E-state index in [2.05, 4.69) is 21.3 Å². The quantitative estimate of drug-likeness (QED) is 0.148. The summed E-state index contributed by atoms with van der Waals surface area (Å²) < 4.78 is 0. The lowest BCUT2D eigenvalue weighted by molar-refractivity contribution is -0.137. The average Bonchev–Trinajstić information content (AvgIpc) is 2.83. The molecule has 1 heterocycles. The van der Waals surface area contributed by atoms with Gasteiger partial charge in [-0.2, -0.15) is 0 Å². The van der Waals surface area contributed by atoms with Crippen molar-refractivity contribution in [3.8, 4) is 0 Å². The van der Waals surface area contributed by atoms with Gasteiger partial charge in [-0.15, -0.1) is 0 Å². The molecule has 10 heteroatoms. The zero-order valence-electron chi connectivity index (χ0n) is 20.4. The Morgan fingerprint density at radius 3 is 2.60 bits per heavy atom. The van der Waals surface area contributed by atoms with E-state index >= 15 is 0 Å². The van der Waals surface area contributed by atoms with Crippen LogP contribution < -0.4 is 21.3 Å². The smallest absolute Gasteiger partial charge is 0.243 e. The molecule has 0 aromatic heterocycles. The first-order chi connectivity index (χ1) is 17.0. The molecule has 1 aromatic carbocycles. The molecule has 192 valence electrons. The van der Waals surface area contributed by atoms with E-state index in [0.29, 0.717) is 42.6 Å². The summed E-state index contributed by atoms with van der Waals surface area (Å²) >= 11 is 0. The number of nitrogens with one attached hydrogen (secondary N) is 4. The fourth-order valence-electron chi connectivity index (χ4n) is 4.07. The van der Waals surface area contributed by atoms with Crippen LogP contribution in [0.3, 0.4) is 0 Å². The van der Waals surface area contributed by atoms with Gasteiger partial charge in [0.1, 0.15) is 6.29 Å². The van der Waals surface area contributed by atoms with Crippen LogP contribution in [0.2, 0.25) is 0 Å². The van der Waals surface area contributed by atoms with E-state index in [1.165, 1.54) is 0 Å². The number of likely N-dealkylation sites (N-methyl/N-ethyl adjacent to an activating group) is 1. The minimum Gasteiger partial charge on any atom is -0.359 e. The summed E-state index contributed by atoms with van der Waals surface area (Å²) in [6.07, 6.45) is 7.19. The molecule has 0 radical (unpaired) electrons. The number of rotatable bonds is 17. The number of nitrogens with zero attached hydrogens (tertiary/aromatic N) is 1. The number of unbranched alkanes of at least 4 members (excludes halogenated alkanes) is 3. The molecule has 0 spiro atoms. The lowest BCUT2D eigenvalue weighted by Crippen LogP contribution is -2.51. The Bertz CT molecular complexity index is 876. The zero-order valence-corrected chi connectivity index (χ0v) is 20.4. The summed E-state index contributed by atoms with van der Waals surface area (Å²) in [5.41, 5.74) is 1.67. The van der Waals surface area contributed by atoms with Crippen molar-refractivity contribution in [2.24, 2.45) is 0 Å². The van der Waals surface area contributed by atoms with Gasteiger partial charge in [0.25, 0.3) is 0 Å². The maximum absolute atomic E-state index is 12.5. The minimum atomic E-state index is -0.474. The van der Waals surface area contributed by atoms with Gasteiger partial charge in [-0.25, -0.2) is 0 Å². The first-order valence-corrected chi connectivity index (χ1v) is 12.2. The molecule has 10 nitrogen and oxygen atoms in total. The molecule has 1 aliphatic heterocycles. The number of benzene rings is 1. The first kappa shape index (κ1) is 28.1. The molecule has 1 unspecified atom stereocenters. The highest BCUT2D eigenvalue weighted by Crippen LogP contribution is 2.23. The van der Waals surface area contributed by atoms with Gasteiger partial charge in [-0.1, -0.05) is 25.0 Å². The van der Waals surface area contributed by atoms with Gasteiger partial charge in [-0.3, -0.25) is 34.2 Å². The van der Waals surface area contributed by atoms with Gasteiger partial charge in [0.15, 0.2) is 0 Å². The molecule has 1 fully saturated rings. The van der Waals surface area contributed by atoms with Crippen LogP contribution in [0.25, 0.3) is 0 Å². The monoisotopic (exact) mass is 487 g/mol. The summed E-state index contributed by atoms with van der Waals surface area (Å²) in [4.78, 5) is 59.8. The summed E-state index contributed by atoms with van der Waals surface area (Å²) in [6, 6.07) is 4.69. The van der Waals surface area contributed by atoms with Gasteiger partial charge in [0.2, 0.25) is 24.1 Å². The van der Waals surface area contributed by atoms with Gasteiger partial charge >= 0.3 is 0 Å². The summed E-state index contributed by atoms with van der Waals surface area (Å²) in [5, 5.41) is 11.2. The molecule has 1 atom stereocenters. The Kier molecular flexibility index (Phi) is 12.6. The number of aldehydes is 1. The highest BCUT2D eigenvalue weighted by Gasteiger charge is 2.30. The zero-order chi connectivity index (χ0) is 25.5. The molecule has 1 aliphatic rings. The highest BCUT2D eigenvalue weighted by molar-refractivity contribution is 6.00. The van der Waals surface area contributed by atoms with E-state index < -0.39 is 6.04 Å². The predicted octanol–water partition coefficient (Wildman–Crippen LogP) is 1.35. The van der Waals surface area contributed by atoms with E-state index in [0.717, 1.165) is 51.5 Å². The number of amides is 4. The first-order valence-electron chi connectivity index (χ1n) is 12.2. The molecular formula is C25H37N5O5. The van der Waals surface area contributed by atoms with Gasteiger partial charge < -0.3 is 16.0 Å². The number of hydrogen-bond donors (Lipinski definition) is 4. The van der Waals surface area contributed by atoms with Crippen LogP contribution in [0, 0.1) is 0 Å². The third-order valence-corrected chi connectivity index (χ3v) is 6.03. The van der Waals surface area contributed by atoms with Crippen molar-refractivity contribution >= 4 is 36.1 Å². The van der Waals surface area contributed by atoms with Crippen molar-refractivity contribution in [2.45, 2.75) is 64.0 Å². The molecule has 0 saturated carbocycles. The molecule has 1 aromatic rings. The van der Waals surface area contributed by atoms with E-state index in [1.54, 1.807) is 30.1 Å². The van der Waals surface area contributed by atoms with E-state index in [9.17, 15) is 24.0 Å². The second-order valence-electron chi connectivity index (χ2n) is 8.76. The second-order valence-corrected chi connectivity index (χ2v) is 8.76. The number of carbonyl (C=O) groups is 5. The SMILES string of the molecule is CN(Cc1c(C=O)cccc1NC(=O)CCCCCCNCCCNC=O)C1CCC(=O)NC1=O. The van der Waals surface area contributed by atoms with E-state index in [1.807, 2.05) is 0 Å². The second kappa shape index (κ2) is 15.7. The number of hydrogen-bond acceptors (Lipinski definition) is 7. The minimum absolute atomic E-state index is 0.112. The average molecular weight is 488 g/mol. The van der Waals surface area contributed by atoms with Crippen LogP contribution in [0.5, 0.6) is 0 Å². The molecule has 0 aliphatic carbocycles. The van der Waals surface area contributed by atoms with E-state index in [-0.39, 0.29) is 30.7 Å². The largest absolute Gasteiger partial charge is 0.359 e. The number of carbonyl (C=O) groups excluding carboxylic acids is 5. The number of anilines is 1. The van der Waals surface area contributed by atoms with Crippen molar-refractivity contribution in [3.63, 3.8) is 0 Å². The maximum atomic E-state index is 12.5.